The number of ether oxygens (including phenoxy) is 1. The maximum absolute atomic E-state index is 12.0. The average molecular weight is 465 g/mol. The first-order valence-corrected chi connectivity index (χ1v) is 13.9. The van der Waals surface area contributed by atoms with Gasteiger partial charge < -0.3 is 14.7 Å². The van der Waals surface area contributed by atoms with Crippen LogP contribution in [0, 0.1) is 23.2 Å². The summed E-state index contributed by atoms with van der Waals surface area (Å²) < 4.78 is 27.1. The van der Waals surface area contributed by atoms with Crippen LogP contribution < -0.4 is 0 Å². The number of phosphoric ester groups is 1. The molecule has 1 aliphatic carbocycles. The van der Waals surface area contributed by atoms with Gasteiger partial charge in [-0.15, -0.1) is 0 Å². The highest BCUT2D eigenvalue weighted by molar-refractivity contribution is 7.47. The first kappa shape index (κ1) is 29.1. The molecular weight excluding hydrogens is 415 g/mol. The van der Waals surface area contributed by atoms with E-state index >= 15 is 0 Å². The van der Waals surface area contributed by atoms with Crippen molar-refractivity contribution in [3.05, 3.63) is 0 Å². The molecule has 1 aliphatic rings. The van der Waals surface area contributed by atoms with Gasteiger partial charge in [0.05, 0.1) is 26.4 Å². The third-order valence-corrected chi connectivity index (χ3v) is 7.61. The lowest BCUT2D eigenvalue weighted by Gasteiger charge is -2.27. The summed E-state index contributed by atoms with van der Waals surface area (Å²) in [6.07, 6.45) is 15.2. The molecule has 0 spiro atoms. The lowest BCUT2D eigenvalue weighted by atomic mass is 9.79. The first-order valence-electron chi connectivity index (χ1n) is 12.4. The average Bonchev–Trinajstić information content (AvgIpc) is 2.72. The van der Waals surface area contributed by atoms with Crippen molar-refractivity contribution in [2.45, 2.75) is 97.8 Å². The van der Waals surface area contributed by atoms with Crippen molar-refractivity contribution in [1.29, 1.82) is 0 Å². The minimum atomic E-state index is -4.09. The molecule has 1 fully saturated rings. The number of hydrogen-bond donors (Lipinski definition) is 2. The molecule has 0 aromatic heterocycles. The van der Waals surface area contributed by atoms with Gasteiger partial charge in [0.25, 0.3) is 0 Å². The fourth-order valence-corrected chi connectivity index (χ4v) is 5.51. The Morgan fingerprint density at radius 1 is 1.06 bits per heavy atom. The molecule has 186 valence electrons. The van der Waals surface area contributed by atoms with E-state index in [0.717, 1.165) is 37.0 Å². The minimum Gasteiger partial charge on any atom is -0.396 e. The van der Waals surface area contributed by atoms with Crippen LogP contribution in [0.4, 0.5) is 0 Å². The van der Waals surface area contributed by atoms with Crippen molar-refractivity contribution in [3.8, 4) is 0 Å². The lowest BCUT2D eigenvalue weighted by Crippen LogP contribution is -2.32. The van der Waals surface area contributed by atoms with Crippen LogP contribution >= 0.6 is 7.82 Å². The van der Waals surface area contributed by atoms with Gasteiger partial charge in [-0.1, -0.05) is 85.0 Å². The number of methoxy groups -OCH3 is 1. The highest BCUT2D eigenvalue weighted by atomic mass is 31.2. The van der Waals surface area contributed by atoms with Crippen molar-refractivity contribution in [1.82, 2.24) is 0 Å². The molecule has 1 rings (SSSR count). The van der Waals surface area contributed by atoms with Crippen LogP contribution in [0.15, 0.2) is 0 Å². The highest BCUT2D eigenvalue weighted by Crippen LogP contribution is 2.44. The van der Waals surface area contributed by atoms with Crippen LogP contribution in [-0.4, -0.2) is 43.5 Å². The second kappa shape index (κ2) is 15.8. The van der Waals surface area contributed by atoms with Gasteiger partial charge in [-0.3, -0.25) is 9.05 Å². The second-order valence-electron chi connectivity index (χ2n) is 10.4. The van der Waals surface area contributed by atoms with Crippen LogP contribution in [0.1, 0.15) is 97.8 Å². The monoisotopic (exact) mass is 464 g/mol. The third-order valence-electron chi connectivity index (χ3n) is 6.65. The van der Waals surface area contributed by atoms with E-state index in [1.54, 1.807) is 6.92 Å². The lowest BCUT2D eigenvalue weighted by molar-refractivity contribution is -0.00210. The normalized spacial score (nSPS) is 24.5. The summed E-state index contributed by atoms with van der Waals surface area (Å²) in [6, 6.07) is 0. The van der Waals surface area contributed by atoms with Crippen LogP contribution in [-0.2, 0) is 18.3 Å². The minimum absolute atomic E-state index is 0.0945. The topological polar surface area (TPSA) is 85.2 Å². The number of hydrogen-bond acceptors (Lipinski definition) is 5. The van der Waals surface area contributed by atoms with Gasteiger partial charge in [-0.25, -0.2) is 4.57 Å². The van der Waals surface area contributed by atoms with Gasteiger partial charge in [0, 0.05) is 12.5 Å². The Labute approximate surface area is 191 Å². The van der Waals surface area contributed by atoms with Crippen molar-refractivity contribution in [3.63, 3.8) is 0 Å². The molecule has 0 aromatic carbocycles. The smallest absolute Gasteiger partial charge is 0.396 e. The van der Waals surface area contributed by atoms with E-state index in [4.69, 9.17) is 13.8 Å². The summed E-state index contributed by atoms with van der Waals surface area (Å²) in [6.45, 7) is 6.67. The van der Waals surface area contributed by atoms with Gasteiger partial charge in [0.15, 0.2) is 0 Å². The summed E-state index contributed by atoms with van der Waals surface area (Å²) in [4.78, 5) is 9.80. The van der Waals surface area contributed by atoms with E-state index in [2.05, 4.69) is 13.8 Å². The Hall–Kier alpha value is 0.0300. The first-order chi connectivity index (χ1) is 14.7. The number of aliphatic hydroxyl groups excluding tert-OH is 1. The number of aliphatic hydroxyl groups is 1. The van der Waals surface area contributed by atoms with E-state index in [1.165, 1.54) is 64.9 Å². The maximum Gasteiger partial charge on any atom is 0.472 e. The van der Waals surface area contributed by atoms with Gasteiger partial charge in [0.2, 0.25) is 0 Å². The molecule has 6 nitrogen and oxygen atoms in total. The third kappa shape index (κ3) is 14.0. The van der Waals surface area contributed by atoms with Crippen LogP contribution in [0.3, 0.4) is 0 Å². The Bertz CT molecular complexity index is 502. The highest BCUT2D eigenvalue weighted by Gasteiger charge is 2.30. The van der Waals surface area contributed by atoms with Gasteiger partial charge in [0.1, 0.15) is 0 Å². The van der Waals surface area contributed by atoms with Crippen molar-refractivity contribution in [2.75, 3.05) is 33.5 Å². The molecular formula is C24H49O6P. The summed E-state index contributed by atoms with van der Waals surface area (Å²) in [7, 11) is -2.58. The zero-order chi connectivity index (χ0) is 23.2. The zero-order valence-electron chi connectivity index (χ0n) is 20.5. The summed E-state index contributed by atoms with van der Waals surface area (Å²) in [5, 5.41) is 9.39. The number of rotatable bonds is 18. The number of unbranched alkanes of at least 4 members (excludes halogenated alkanes) is 3. The Morgan fingerprint density at radius 3 is 2.45 bits per heavy atom. The van der Waals surface area contributed by atoms with Gasteiger partial charge in [-0.2, -0.15) is 0 Å². The molecule has 0 saturated heterocycles. The molecule has 0 radical (unpaired) electrons. The second-order valence-corrected chi connectivity index (χ2v) is 11.8. The van der Waals surface area contributed by atoms with E-state index < -0.39 is 13.2 Å². The number of phosphoric acid groups is 1. The molecule has 0 heterocycles. The molecule has 1 saturated carbocycles. The van der Waals surface area contributed by atoms with E-state index in [9.17, 15) is 14.6 Å². The molecule has 0 amide bonds. The summed E-state index contributed by atoms with van der Waals surface area (Å²) in [5.74, 6) is 2.69. The fraction of sp³-hybridized carbons (Fsp3) is 1.00. The molecule has 3 unspecified atom stereocenters. The van der Waals surface area contributed by atoms with Gasteiger partial charge >= 0.3 is 7.82 Å². The van der Waals surface area contributed by atoms with Gasteiger partial charge in [-0.05, 0) is 30.6 Å². The standard InChI is InChI=1S/C24H49O6P/c1-21(12-9-14-23-15-10-13-22(2)17-23)11-7-5-6-8-16-29-31(26,27)30-20-24(3,18-25)19-28-4/h21-23,25H,5-20H2,1-4H3,(H,26,27)/t21-,22+,23?,24?/m0/s1. The SMILES string of the molecule is COCC(C)(CO)COP(=O)(O)OCCCCCC[C@H](C)CCCC1CCC[C@@H](C)C1. The van der Waals surface area contributed by atoms with Crippen LogP contribution in [0.5, 0.6) is 0 Å². The van der Waals surface area contributed by atoms with Crippen molar-refractivity contribution in [2.24, 2.45) is 23.2 Å². The van der Waals surface area contributed by atoms with Crippen molar-refractivity contribution < 1.29 is 28.3 Å². The van der Waals surface area contributed by atoms with Crippen LogP contribution in [0.25, 0.3) is 0 Å². The molecule has 5 atom stereocenters. The molecule has 31 heavy (non-hydrogen) atoms. The molecule has 2 N–H and O–H groups in total. The van der Waals surface area contributed by atoms with E-state index in [-0.39, 0.29) is 26.4 Å². The van der Waals surface area contributed by atoms with Crippen LogP contribution in [0.2, 0.25) is 0 Å². The molecule has 0 aromatic rings. The summed E-state index contributed by atoms with van der Waals surface area (Å²) >= 11 is 0. The van der Waals surface area contributed by atoms with E-state index in [0.29, 0.717) is 0 Å². The Morgan fingerprint density at radius 2 is 1.77 bits per heavy atom. The maximum atomic E-state index is 12.0. The summed E-state index contributed by atoms with van der Waals surface area (Å²) in [5.41, 5.74) is -0.720. The molecule has 0 bridgehead atoms. The molecule has 7 heteroatoms. The fourth-order valence-electron chi connectivity index (χ4n) is 4.61. The predicted molar refractivity (Wildman–Crippen MR) is 126 cm³/mol. The Balaban J connectivity index is 2.01. The van der Waals surface area contributed by atoms with Crippen molar-refractivity contribution >= 4 is 7.82 Å². The van der Waals surface area contributed by atoms with E-state index in [1.807, 2.05) is 0 Å². The molecule has 0 aliphatic heterocycles. The Kier molecular flexibility index (Phi) is 14.8. The predicted octanol–water partition coefficient (Wildman–Crippen LogP) is 6.35. The zero-order valence-corrected chi connectivity index (χ0v) is 21.4. The quantitative estimate of drug-likeness (QED) is 0.182. The largest absolute Gasteiger partial charge is 0.472 e.